The molecule has 0 saturated heterocycles. The number of nitrogens with one attached hydrogen (secondary N) is 2. The number of benzene rings is 2. The van der Waals surface area contributed by atoms with Gasteiger partial charge in [-0.15, -0.1) is 11.3 Å². The van der Waals surface area contributed by atoms with Gasteiger partial charge in [0.05, 0.1) is 16.7 Å². The molecule has 0 bridgehead atoms. The molecule has 1 amide bonds. The van der Waals surface area contributed by atoms with Crippen LogP contribution in [0.25, 0.3) is 22.3 Å². The molecule has 2 aromatic heterocycles. The molecule has 2 N–H and O–H groups in total. The summed E-state index contributed by atoms with van der Waals surface area (Å²) in [6, 6.07) is 10.7. The van der Waals surface area contributed by atoms with Crippen LogP contribution in [-0.4, -0.2) is 20.9 Å². The van der Waals surface area contributed by atoms with E-state index in [2.05, 4.69) is 26.3 Å². The van der Waals surface area contributed by atoms with Gasteiger partial charge in [0.15, 0.2) is 11.0 Å². The molecule has 2 heterocycles. The number of hydrogen-bond acceptors (Lipinski definition) is 4. The molecule has 0 spiro atoms. The number of anilines is 1. The standard InChI is InChI=1S/C20H16F2N4OS/c1-10-3-5-13(11(2)7-10)16-9-28-20(25-16)26-19(27)12-4-6-14-15(8-12)24-18(23-14)17(21)22/h3-9,17H,1-2H3,(H,23,24)(H,25,26,27). The van der Waals surface area contributed by atoms with Gasteiger partial charge in [-0.2, -0.15) is 0 Å². The molecule has 0 saturated carbocycles. The molecule has 0 fully saturated rings. The molecule has 5 nitrogen and oxygen atoms in total. The van der Waals surface area contributed by atoms with Gasteiger partial charge in [0.1, 0.15) is 0 Å². The summed E-state index contributed by atoms with van der Waals surface area (Å²) in [6.45, 7) is 4.05. The number of aromatic amines is 1. The Balaban J connectivity index is 1.55. The molecule has 142 valence electrons. The number of alkyl halides is 2. The Hall–Kier alpha value is -3.13. The summed E-state index contributed by atoms with van der Waals surface area (Å²) in [5, 5.41) is 5.12. The summed E-state index contributed by atoms with van der Waals surface area (Å²) in [5.41, 5.74) is 5.21. The predicted molar refractivity (Wildman–Crippen MR) is 106 cm³/mol. The van der Waals surface area contributed by atoms with E-state index in [4.69, 9.17) is 0 Å². The zero-order valence-electron chi connectivity index (χ0n) is 15.1. The van der Waals surface area contributed by atoms with Crippen LogP contribution < -0.4 is 5.32 Å². The number of imidazole rings is 1. The van der Waals surface area contributed by atoms with Crippen LogP contribution in [0.2, 0.25) is 0 Å². The third kappa shape index (κ3) is 3.50. The Morgan fingerprint density at radius 2 is 1.96 bits per heavy atom. The van der Waals surface area contributed by atoms with Crippen molar-refractivity contribution in [1.82, 2.24) is 15.0 Å². The van der Waals surface area contributed by atoms with Crippen LogP contribution in [-0.2, 0) is 0 Å². The number of amides is 1. The third-order valence-corrected chi connectivity index (χ3v) is 5.11. The van der Waals surface area contributed by atoms with Crippen LogP contribution in [0, 0.1) is 13.8 Å². The first-order valence-electron chi connectivity index (χ1n) is 8.53. The van der Waals surface area contributed by atoms with Gasteiger partial charge in [0.2, 0.25) is 0 Å². The first-order valence-corrected chi connectivity index (χ1v) is 9.41. The van der Waals surface area contributed by atoms with Crippen LogP contribution in [0.4, 0.5) is 13.9 Å². The van der Waals surface area contributed by atoms with Crippen LogP contribution in [0.15, 0.2) is 41.8 Å². The number of aryl methyl sites for hydroxylation is 2. The third-order valence-electron chi connectivity index (χ3n) is 4.35. The molecule has 4 aromatic rings. The largest absolute Gasteiger partial charge is 0.337 e. The highest BCUT2D eigenvalue weighted by atomic mass is 32.1. The van der Waals surface area contributed by atoms with Gasteiger partial charge < -0.3 is 4.98 Å². The Morgan fingerprint density at radius 1 is 1.14 bits per heavy atom. The maximum Gasteiger partial charge on any atom is 0.295 e. The minimum absolute atomic E-state index is 0.334. The van der Waals surface area contributed by atoms with E-state index in [1.807, 2.05) is 31.4 Å². The van der Waals surface area contributed by atoms with Gasteiger partial charge in [-0.3, -0.25) is 10.1 Å². The molecule has 0 aliphatic carbocycles. The average Bonchev–Trinajstić information content (AvgIpc) is 3.27. The summed E-state index contributed by atoms with van der Waals surface area (Å²) >= 11 is 1.33. The van der Waals surface area contributed by atoms with Gasteiger partial charge in [0.25, 0.3) is 12.3 Å². The molecule has 0 unspecified atom stereocenters. The van der Waals surface area contributed by atoms with Crippen LogP contribution in [0.1, 0.15) is 33.7 Å². The summed E-state index contributed by atoms with van der Waals surface area (Å²) in [7, 11) is 0. The van der Waals surface area contributed by atoms with Crippen molar-refractivity contribution in [3.63, 3.8) is 0 Å². The average molecular weight is 398 g/mol. The highest BCUT2D eigenvalue weighted by molar-refractivity contribution is 7.14. The van der Waals surface area contributed by atoms with E-state index < -0.39 is 12.2 Å². The molecule has 8 heteroatoms. The Bertz CT molecular complexity index is 1180. The van der Waals surface area contributed by atoms with E-state index in [1.165, 1.54) is 29.0 Å². The highest BCUT2D eigenvalue weighted by Crippen LogP contribution is 2.28. The van der Waals surface area contributed by atoms with Gasteiger partial charge in [-0.05, 0) is 37.6 Å². The zero-order valence-corrected chi connectivity index (χ0v) is 15.9. The van der Waals surface area contributed by atoms with Crippen molar-refractivity contribution in [2.75, 3.05) is 5.32 Å². The molecule has 0 aliphatic heterocycles. The summed E-state index contributed by atoms with van der Waals surface area (Å²) in [6.07, 6.45) is -2.69. The number of hydrogen-bond donors (Lipinski definition) is 2. The van der Waals surface area contributed by atoms with Gasteiger partial charge in [-0.1, -0.05) is 23.8 Å². The van der Waals surface area contributed by atoms with Crippen molar-refractivity contribution in [3.8, 4) is 11.3 Å². The fourth-order valence-electron chi connectivity index (χ4n) is 3.00. The zero-order chi connectivity index (χ0) is 19.8. The second-order valence-electron chi connectivity index (χ2n) is 6.47. The monoisotopic (exact) mass is 398 g/mol. The van der Waals surface area contributed by atoms with Crippen LogP contribution in [0.5, 0.6) is 0 Å². The van der Waals surface area contributed by atoms with Crippen molar-refractivity contribution in [2.45, 2.75) is 20.3 Å². The number of halogens is 2. The highest BCUT2D eigenvalue weighted by Gasteiger charge is 2.15. The number of thiazole rings is 1. The number of fused-ring (bicyclic) bond motifs is 1. The van der Waals surface area contributed by atoms with E-state index >= 15 is 0 Å². The van der Waals surface area contributed by atoms with Crippen molar-refractivity contribution in [3.05, 3.63) is 64.3 Å². The first kappa shape index (κ1) is 18.2. The number of rotatable bonds is 4. The van der Waals surface area contributed by atoms with Crippen molar-refractivity contribution < 1.29 is 13.6 Å². The predicted octanol–water partition coefficient (Wildman–Crippen LogP) is 5.49. The summed E-state index contributed by atoms with van der Waals surface area (Å²) < 4.78 is 25.5. The van der Waals surface area contributed by atoms with Crippen molar-refractivity contribution in [1.29, 1.82) is 0 Å². The van der Waals surface area contributed by atoms with E-state index in [9.17, 15) is 13.6 Å². The normalized spacial score (nSPS) is 11.3. The summed E-state index contributed by atoms with van der Waals surface area (Å²) in [5.74, 6) is -0.776. The second-order valence-corrected chi connectivity index (χ2v) is 7.32. The molecule has 0 radical (unpaired) electrons. The lowest BCUT2D eigenvalue weighted by atomic mass is 10.0. The Labute approximate surface area is 163 Å². The number of aromatic nitrogens is 3. The maximum absolute atomic E-state index is 12.8. The minimum Gasteiger partial charge on any atom is -0.337 e. The van der Waals surface area contributed by atoms with Crippen molar-refractivity contribution in [2.24, 2.45) is 0 Å². The van der Waals surface area contributed by atoms with E-state index in [0.29, 0.717) is 21.7 Å². The first-order chi connectivity index (χ1) is 13.4. The smallest absolute Gasteiger partial charge is 0.295 e. The lowest BCUT2D eigenvalue weighted by Gasteiger charge is -2.04. The van der Waals surface area contributed by atoms with Gasteiger partial charge in [0, 0.05) is 16.5 Å². The molecule has 0 aliphatic rings. The topological polar surface area (TPSA) is 70.7 Å². The Morgan fingerprint density at radius 3 is 2.71 bits per heavy atom. The molecule has 28 heavy (non-hydrogen) atoms. The lowest BCUT2D eigenvalue weighted by Crippen LogP contribution is -2.11. The number of H-pyrrole nitrogens is 1. The molecule has 2 aromatic carbocycles. The van der Waals surface area contributed by atoms with E-state index in [-0.39, 0.29) is 5.91 Å². The fourth-order valence-corrected chi connectivity index (χ4v) is 3.70. The molecule has 0 atom stereocenters. The van der Waals surface area contributed by atoms with Crippen molar-refractivity contribution >= 4 is 33.4 Å². The lowest BCUT2D eigenvalue weighted by molar-refractivity contribution is 0.102. The van der Waals surface area contributed by atoms with E-state index in [0.717, 1.165) is 16.8 Å². The molecular weight excluding hydrogens is 382 g/mol. The number of nitrogens with zero attached hydrogens (tertiary/aromatic N) is 2. The minimum atomic E-state index is -2.69. The Kier molecular flexibility index (Phi) is 4.64. The summed E-state index contributed by atoms with van der Waals surface area (Å²) in [4.78, 5) is 23.4. The van der Waals surface area contributed by atoms with Gasteiger partial charge in [-0.25, -0.2) is 18.7 Å². The number of carbonyl (C=O) groups is 1. The molecular formula is C20H16F2N4OS. The quantitative estimate of drug-likeness (QED) is 0.477. The maximum atomic E-state index is 12.8. The SMILES string of the molecule is Cc1ccc(-c2csc(NC(=O)c3ccc4nc(C(F)F)[nH]c4c3)n2)c(C)c1. The fraction of sp³-hybridized carbons (Fsp3) is 0.150. The van der Waals surface area contributed by atoms with Crippen LogP contribution >= 0.6 is 11.3 Å². The number of carbonyl (C=O) groups excluding carboxylic acids is 1. The van der Waals surface area contributed by atoms with E-state index in [1.54, 1.807) is 6.07 Å². The molecule has 4 rings (SSSR count). The second kappa shape index (κ2) is 7.12. The van der Waals surface area contributed by atoms with Gasteiger partial charge >= 0.3 is 0 Å². The van der Waals surface area contributed by atoms with Crippen LogP contribution in [0.3, 0.4) is 0 Å².